The van der Waals surface area contributed by atoms with Crippen LogP contribution in [0.25, 0.3) is 11.1 Å². The van der Waals surface area contributed by atoms with Gasteiger partial charge in [-0.05, 0) is 97.0 Å². The zero-order valence-electron chi connectivity index (χ0n) is 36.6. The van der Waals surface area contributed by atoms with E-state index in [1.165, 1.54) is 0 Å². The Hall–Kier alpha value is -5.46. The number of nitrogens with zero attached hydrogens (tertiary/aromatic N) is 2. The predicted octanol–water partition coefficient (Wildman–Crippen LogP) is 10.1. The molecule has 0 bridgehead atoms. The lowest BCUT2D eigenvalue weighted by Gasteiger charge is -2.59. The molecule has 1 heterocycles. The van der Waals surface area contributed by atoms with Gasteiger partial charge in [0.15, 0.2) is 0 Å². The average molecular weight is 859 g/mol. The van der Waals surface area contributed by atoms with Gasteiger partial charge in [-0.2, -0.15) is 0 Å². The third-order valence-electron chi connectivity index (χ3n) is 12.5. The van der Waals surface area contributed by atoms with Crippen LogP contribution in [0.4, 0.5) is 4.79 Å². The van der Waals surface area contributed by atoms with Crippen LogP contribution in [0.3, 0.4) is 0 Å². The van der Waals surface area contributed by atoms with E-state index in [1.807, 2.05) is 79.7 Å². The Labute approximate surface area is 371 Å². The first-order valence-electron chi connectivity index (χ1n) is 22.5. The first kappa shape index (κ1) is 45.6. The molecule has 11 heteroatoms. The summed E-state index contributed by atoms with van der Waals surface area (Å²) in [6, 6.07) is 33.4. The largest absolute Gasteiger partial charge is 0.459 e. The Bertz CT molecular complexity index is 2140. The van der Waals surface area contributed by atoms with E-state index in [4.69, 9.17) is 33.7 Å². The van der Waals surface area contributed by atoms with Crippen molar-refractivity contribution in [3.63, 3.8) is 0 Å². The summed E-state index contributed by atoms with van der Waals surface area (Å²) >= 11 is 0. The van der Waals surface area contributed by atoms with E-state index in [0.717, 1.165) is 59.2 Å². The van der Waals surface area contributed by atoms with Crippen molar-refractivity contribution in [3.05, 3.63) is 139 Å². The minimum atomic E-state index is -1.39. The fraction of sp³-hybridized carbons (Fsp3) is 0.423. The number of aliphatic hydroxyl groups excluding tert-OH is 2. The second-order valence-electron chi connectivity index (χ2n) is 16.4. The molecule has 1 saturated carbocycles. The van der Waals surface area contributed by atoms with E-state index >= 15 is 0 Å². The zero-order chi connectivity index (χ0) is 44.0. The molecule has 63 heavy (non-hydrogen) atoms. The molecule has 11 nitrogen and oxygen atoms in total. The highest BCUT2D eigenvalue weighted by Crippen LogP contribution is 2.62. The zero-order valence-corrected chi connectivity index (χ0v) is 36.6. The van der Waals surface area contributed by atoms with Gasteiger partial charge in [-0.3, -0.25) is 0 Å². The number of aliphatic hydroxyl groups is 2. The third-order valence-corrected chi connectivity index (χ3v) is 12.5. The molecule has 6 unspecified atom stereocenters. The van der Waals surface area contributed by atoms with Crippen molar-refractivity contribution in [3.8, 4) is 28.4 Å². The van der Waals surface area contributed by atoms with Crippen LogP contribution < -0.4 is 9.47 Å². The maximum Gasteiger partial charge on any atom is 0.410 e. The maximum atomic E-state index is 14.1. The fourth-order valence-corrected chi connectivity index (χ4v) is 9.60. The van der Waals surface area contributed by atoms with Crippen molar-refractivity contribution in [2.75, 3.05) is 46.7 Å². The number of hydrogen-bond acceptors (Lipinski definition) is 10. The second kappa shape index (κ2) is 22.2. The number of allylic oxidation sites excluding steroid dienone is 1. The van der Waals surface area contributed by atoms with E-state index in [9.17, 15) is 15.0 Å². The lowest BCUT2D eigenvalue weighted by Crippen LogP contribution is -2.69. The standard InChI is InChI=1S/C52H62N2O9/c1-4-30-60-52-48(54(3)51(57)59-32-31-58-36-37-16-8-6-9-17-37)35-46(53-61-5-2)44-33-40(20-12-14-28-55)43(21-13-15-29-56)49(50(44)52)45-34-42(26-27-47(45)63-52)62-41-24-22-39(23-25-41)38-18-10-7-11-19-38/h4,6-11,16-19,22-27,33-34,40,43,48-50,55-56H,1,5,12-15,20-21,28-32,35-36H2,2-3H3. The summed E-state index contributed by atoms with van der Waals surface area (Å²) < 4.78 is 32.5. The first-order chi connectivity index (χ1) is 30.9. The van der Waals surface area contributed by atoms with Crippen molar-refractivity contribution >= 4 is 11.8 Å². The highest BCUT2D eigenvalue weighted by atomic mass is 16.7. The van der Waals surface area contributed by atoms with Gasteiger partial charge in [-0.15, -0.1) is 6.58 Å². The van der Waals surface area contributed by atoms with Gasteiger partial charge in [-0.25, -0.2) is 4.79 Å². The van der Waals surface area contributed by atoms with Crippen LogP contribution in [0.2, 0.25) is 0 Å². The Kier molecular flexibility index (Phi) is 16.1. The molecule has 334 valence electrons. The number of rotatable bonds is 22. The van der Waals surface area contributed by atoms with Crippen LogP contribution in [-0.2, 0) is 25.7 Å². The molecule has 4 aromatic carbocycles. The van der Waals surface area contributed by atoms with Crippen LogP contribution in [-0.4, -0.2) is 85.4 Å². The maximum absolute atomic E-state index is 14.1. The molecule has 0 spiro atoms. The van der Waals surface area contributed by atoms with Crippen molar-refractivity contribution in [2.24, 2.45) is 22.9 Å². The number of hydrogen-bond donors (Lipinski definition) is 2. The number of benzene rings is 4. The number of fused-ring (bicyclic) bond motifs is 2. The Morgan fingerprint density at radius 3 is 2.30 bits per heavy atom. The Morgan fingerprint density at radius 1 is 0.889 bits per heavy atom. The van der Waals surface area contributed by atoms with Gasteiger partial charge < -0.3 is 43.6 Å². The number of amides is 1. The molecule has 2 N–H and O–H groups in total. The molecule has 0 aromatic heterocycles. The van der Waals surface area contributed by atoms with Gasteiger partial charge in [0, 0.05) is 38.2 Å². The molecule has 1 aliphatic heterocycles. The van der Waals surface area contributed by atoms with E-state index in [-0.39, 0.29) is 57.2 Å². The summed E-state index contributed by atoms with van der Waals surface area (Å²) in [6.45, 7) is 7.34. The van der Waals surface area contributed by atoms with Gasteiger partial charge in [0.25, 0.3) is 0 Å². The summed E-state index contributed by atoms with van der Waals surface area (Å²) in [5.41, 5.74) is 5.92. The minimum Gasteiger partial charge on any atom is -0.459 e. The molecule has 2 aliphatic carbocycles. The minimum absolute atomic E-state index is 0.0598. The second-order valence-corrected chi connectivity index (χ2v) is 16.4. The Morgan fingerprint density at radius 2 is 1.59 bits per heavy atom. The van der Waals surface area contributed by atoms with Gasteiger partial charge >= 0.3 is 6.09 Å². The molecular weight excluding hydrogens is 797 g/mol. The first-order valence-corrected chi connectivity index (χ1v) is 22.5. The van der Waals surface area contributed by atoms with Crippen LogP contribution in [0.5, 0.6) is 17.2 Å². The van der Waals surface area contributed by atoms with E-state index < -0.39 is 23.8 Å². The van der Waals surface area contributed by atoms with Crippen molar-refractivity contribution in [2.45, 2.75) is 76.2 Å². The van der Waals surface area contributed by atoms with Crippen LogP contribution in [0.15, 0.2) is 133 Å². The summed E-state index contributed by atoms with van der Waals surface area (Å²) in [4.78, 5) is 21.5. The number of carbonyl (C=O) groups is 1. The molecule has 0 saturated heterocycles. The lowest BCUT2D eigenvalue weighted by atomic mass is 9.55. The van der Waals surface area contributed by atoms with E-state index in [1.54, 1.807) is 18.0 Å². The molecule has 0 radical (unpaired) electrons. The van der Waals surface area contributed by atoms with Gasteiger partial charge in [0.05, 0.1) is 31.5 Å². The number of likely N-dealkylation sites (N-methyl/N-ethyl adjacent to an activating group) is 1. The monoisotopic (exact) mass is 858 g/mol. The average Bonchev–Trinajstić information content (AvgIpc) is 3.31. The summed E-state index contributed by atoms with van der Waals surface area (Å²) in [6.07, 6.45) is 8.44. The molecule has 4 aromatic rings. The third kappa shape index (κ3) is 10.7. The van der Waals surface area contributed by atoms with Crippen LogP contribution in [0.1, 0.15) is 68.9 Å². The SMILES string of the molecule is C=CCOC12Oc3ccc(Oc4ccc(-c5ccccc5)cc4)cc3C3C(CCCCO)C(CCCCO)C=C(C(=NOCC)CC1N(C)C(=O)OCCOCc1ccccc1)C32. The molecule has 1 fully saturated rings. The lowest BCUT2D eigenvalue weighted by molar-refractivity contribution is -0.253. The number of oxime groups is 1. The van der Waals surface area contributed by atoms with Gasteiger partial charge in [0.2, 0.25) is 5.79 Å². The van der Waals surface area contributed by atoms with Crippen LogP contribution in [0, 0.1) is 17.8 Å². The molecular formula is C52H62N2O9. The van der Waals surface area contributed by atoms with Gasteiger partial charge in [-0.1, -0.05) is 103 Å². The smallest absolute Gasteiger partial charge is 0.410 e. The van der Waals surface area contributed by atoms with Crippen molar-refractivity contribution < 1.29 is 43.5 Å². The summed E-state index contributed by atoms with van der Waals surface area (Å²) in [7, 11) is 1.72. The topological polar surface area (TPSA) is 129 Å². The molecule has 1 amide bonds. The summed E-state index contributed by atoms with van der Waals surface area (Å²) in [5.74, 6) is 0.165. The Balaban J connectivity index is 1.28. The predicted molar refractivity (Wildman–Crippen MR) is 244 cm³/mol. The number of unbranched alkanes of at least 4 members (excludes halogenated alkanes) is 2. The molecule has 6 atom stereocenters. The number of ether oxygens (including phenoxy) is 5. The molecule has 3 aliphatic rings. The molecule has 7 rings (SSSR count). The fourth-order valence-electron chi connectivity index (χ4n) is 9.60. The van der Waals surface area contributed by atoms with E-state index in [0.29, 0.717) is 43.3 Å². The number of carbonyl (C=O) groups excluding carboxylic acids is 1. The van der Waals surface area contributed by atoms with Crippen molar-refractivity contribution in [1.82, 2.24) is 4.90 Å². The normalized spacial score (nSPS) is 22.8. The summed E-state index contributed by atoms with van der Waals surface area (Å²) in [5, 5.41) is 24.6. The van der Waals surface area contributed by atoms with Crippen LogP contribution >= 0.6 is 0 Å². The van der Waals surface area contributed by atoms with Gasteiger partial charge in [0.1, 0.15) is 36.5 Å². The van der Waals surface area contributed by atoms with Crippen molar-refractivity contribution in [1.29, 1.82) is 0 Å². The quantitative estimate of drug-likeness (QED) is 0.0451. The highest BCUT2D eigenvalue weighted by Gasteiger charge is 2.65. The van der Waals surface area contributed by atoms with E-state index in [2.05, 4.69) is 43.0 Å². The highest BCUT2D eigenvalue weighted by molar-refractivity contribution is 6.03.